The number of methoxy groups -OCH3 is 1. The van der Waals surface area contributed by atoms with Crippen LogP contribution in [0, 0.1) is 0 Å². The summed E-state index contributed by atoms with van der Waals surface area (Å²) in [7, 11) is 1.74. The van der Waals surface area contributed by atoms with Gasteiger partial charge in [0.2, 0.25) is 0 Å². The third-order valence-corrected chi connectivity index (χ3v) is 5.53. The Morgan fingerprint density at radius 3 is 2.91 bits per heavy atom. The molecule has 1 saturated heterocycles. The Kier molecular flexibility index (Phi) is 6.54. The second-order valence-corrected chi connectivity index (χ2v) is 7.83. The van der Waals surface area contributed by atoms with E-state index in [1.54, 1.807) is 31.5 Å². The number of aromatic nitrogens is 2. The fourth-order valence-electron chi connectivity index (χ4n) is 3.93. The number of anilines is 2. The average molecular weight is 449 g/mol. The molecule has 4 rings (SSSR count). The van der Waals surface area contributed by atoms with Gasteiger partial charge in [-0.05, 0) is 31.0 Å². The number of hydrogen-bond donors (Lipinski definition) is 3. The number of alkyl halides is 3. The first-order chi connectivity index (χ1) is 15.3. The minimum absolute atomic E-state index is 0.228. The van der Waals surface area contributed by atoms with Crippen LogP contribution in [0.3, 0.4) is 0 Å². The van der Waals surface area contributed by atoms with Crippen molar-refractivity contribution in [3.8, 4) is 11.3 Å². The number of nitrogens with zero attached hydrogens (tertiary/aromatic N) is 3. The number of hydrogen-bond acceptors (Lipinski definition) is 6. The molecule has 2 atom stereocenters. The van der Waals surface area contributed by atoms with E-state index < -0.39 is 19.1 Å². The Morgan fingerprint density at radius 1 is 1.28 bits per heavy atom. The van der Waals surface area contributed by atoms with Gasteiger partial charge in [-0.2, -0.15) is 13.2 Å². The highest BCUT2D eigenvalue weighted by Crippen LogP contribution is 2.27. The van der Waals surface area contributed by atoms with E-state index in [9.17, 15) is 18.3 Å². The number of piperidine rings is 1. The van der Waals surface area contributed by atoms with E-state index in [1.807, 2.05) is 34.1 Å². The van der Waals surface area contributed by atoms with E-state index in [4.69, 9.17) is 4.74 Å². The fourth-order valence-corrected chi connectivity index (χ4v) is 3.93. The van der Waals surface area contributed by atoms with Crippen molar-refractivity contribution in [1.29, 1.82) is 0 Å². The Hall–Kier alpha value is -2.82. The number of aliphatic hydroxyl groups excluding tert-OH is 1. The maximum absolute atomic E-state index is 12.3. The predicted octanol–water partition coefficient (Wildman–Crippen LogP) is 3.46. The molecule has 32 heavy (non-hydrogen) atoms. The summed E-state index contributed by atoms with van der Waals surface area (Å²) >= 11 is 0. The van der Waals surface area contributed by atoms with Gasteiger partial charge in [0, 0.05) is 49.4 Å². The van der Waals surface area contributed by atoms with Gasteiger partial charge in [-0.3, -0.25) is 9.72 Å². The second-order valence-electron chi connectivity index (χ2n) is 7.83. The largest absolute Gasteiger partial charge is 0.401 e. The molecule has 2 unspecified atom stereocenters. The van der Waals surface area contributed by atoms with Gasteiger partial charge >= 0.3 is 6.18 Å². The first-order valence-electron chi connectivity index (χ1n) is 10.4. The van der Waals surface area contributed by atoms with Gasteiger partial charge in [-0.15, -0.1) is 0 Å². The number of halogens is 3. The zero-order valence-electron chi connectivity index (χ0n) is 17.6. The van der Waals surface area contributed by atoms with Gasteiger partial charge in [0.25, 0.3) is 0 Å². The van der Waals surface area contributed by atoms with E-state index in [0.29, 0.717) is 5.69 Å². The van der Waals surface area contributed by atoms with Crippen molar-refractivity contribution in [2.24, 2.45) is 0 Å². The standard InChI is InChI=1S/C22H26F3N5O2/c1-32-18-6-3-8-29(13-18)17-7-9-30-19(12-26-20(30)11-17)15-4-2-5-16(10-15)28-21(31)27-14-22(23,24)25/h2,4-5,7,9-12,18,21,27-28,31H,3,6,8,13-14H2,1H3. The Bertz CT molecular complexity index is 1060. The van der Waals surface area contributed by atoms with Crippen molar-refractivity contribution in [3.63, 3.8) is 0 Å². The number of rotatable bonds is 7. The lowest BCUT2D eigenvalue weighted by atomic mass is 10.1. The second kappa shape index (κ2) is 9.35. The van der Waals surface area contributed by atoms with Crippen LogP contribution in [0.15, 0.2) is 48.8 Å². The summed E-state index contributed by atoms with van der Waals surface area (Å²) in [6, 6.07) is 11.2. The maximum atomic E-state index is 12.3. The van der Waals surface area contributed by atoms with Crippen LogP contribution in [-0.2, 0) is 4.74 Å². The third kappa shape index (κ3) is 5.32. The minimum atomic E-state index is -4.40. The molecule has 7 nitrogen and oxygen atoms in total. The summed E-state index contributed by atoms with van der Waals surface area (Å²) in [6.45, 7) is 0.527. The topological polar surface area (TPSA) is 74.1 Å². The SMILES string of the molecule is COC1CCCN(c2ccn3c(-c4cccc(NC(O)NCC(F)(F)F)c4)cnc3c2)C1. The summed E-state index contributed by atoms with van der Waals surface area (Å²) in [5, 5.41) is 14.4. The lowest BCUT2D eigenvalue weighted by Crippen LogP contribution is -2.41. The van der Waals surface area contributed by atoms with Crippen LogP contribution >= 0.6 is 0 Å². The molecule has 2 aromatic heterocycles. The number of nitrogens with one attached hydrogen (secondary N) is 2. The van der Waals surface area contributed by atoms with Crippen LogP contribution in [0.25, 0.3) is 16.9 Å². The highest BCUT2D eigenvalue weighted by atomic mass is 19.4. The monoisotopic (exact) mass is 449 g/mol. The first kappa shape index (κ1) is 22.4. The van der Waals surface area contributed by atoms with Crippen molar-refractivity contribution in [2.45, 2.75) is 31.5 Å². The van der Waals surface area contributed by atoms with E-state index in [-0.39, 0.29) is 6.10 Å². The molecule has 0 amide bonds. The minimum Gasteiger partial charge on any atom is -0.380 e. The molecule has 3 N–H and O–H groups in total. The molecule has 0 spiro atoms. The molecular weight excluding hydrogens is 423 g/mol. The molecule has 1 fully saturated rings. The number of ether oxygens (including phenoxy) is 1. The van der Waals surface area contributed by atoms with Crippen LogP contribution in [0.1, 0.15) is 12.8 Å². The number of imidazole rings is 1. The normalized spacial score (nSPS) is 18.2. The van der Waals surface area contributed by atoms with Gasteiger partial charge in [-0.1, -0.05) is 12.1 Å². The lowest BCUT2D eigenvalue weighted by molar-refractivity contribution is -0.130. The third-order valence-electron chi connectivity index (χ3n) is 5.53. The predicted molar refractivity (Wildman–Crippen MR) is 117 cm³/mol. The summed E-state index contributed by atoms with van der Waals surface area (Å²) in [4.78, 5) is 6.83. The van der Waals surface area contributed by atoms with Crippen LogP contribution < -0.4 is 15.5 Å². The summed E-state index contributed by atoms with van der Waals surface area (Å²) in [5.41, 5.74) is 4.01. The molecule has 3 heterocycles. The van der Waals surface area contributed by atoms with E-state index >= 15 is 0 Å². The molecule has 1 aromatic carbocycles. The average Bonchev–Trinajstić information content (AvgIpc) is 3.21. The molecule has 0 aliphatic carbocycles. The van der Waals surface area contributed by atoms with Crippen LogP contribution in [0.2, 0.25) is 0 Å². The fraction of sp³-hybridized carbons (Fsp3) is 0.409. The Morgan fingerprint density at radius 2 is 2.12 bits per heavy atom. The van der Waals surface area contributed by atoms with Gasteiger partial charge in [0.1, 0.15) is 5.65 Å². The van der Waals surface area contributed by atoms with E-state index in [0.717, 1.165) is 48.5 Å². The van der Waals surface area contributed by atoms with Crippen LogP contribution in [-0.4, -0.2) is 59.9 Å². The zero-order valence-corrected chi connectivity index (χ0v) is 17.6. The van der Waals surface area contributed by atoms with Crippen molar-refractivity contribution >= 4 is 17.0 Å². The summed E-state index contributed by atoms with van der Waals surface area (Å²) < 4.78 is 44.4. The van der Waals surface area contributed by atoms with Crippen molar-refractivity contribution < 1.29 is 23.0 Å². The molecule has 3 aromatic rings. The Labute approximate surface area is 183 Å². The Balaban J connectivity index is 1.51. The molecular formula is C22H26F3N5O2. The summed E-state index contributed by atoms with van der Waals surface area (Å²) in [6.07, 6.45) is 0.149. The molecule has 0 saturated carbocycles. The van der Waals surface area contributed by atoms with Gasteiger partial charge < -0.3 is 20.1 Å². The van der Waals surface area contributed by atoms with E-state index in [2.05, 4.69) is 15.2 Å². The van der Waals surface area contributed by atoms with Crippen LogP contribution in [0.4, 0.5) is 24.5 Å². The molecule has 1 aliphatic heterocycles. The van der Waals surface area contributed by atoms with Crippen molar-refractivity contribution in [1.82, 2.24) is 14.7 Å². The first-order valence-corrected chi connectivity index (χ1v) is 10.4. The maximum Gasteiger partial charge on any atom is 0.401 e. The smallest absolute Gasteiger partial charge is 0.380 e. The van der Waals surface area contributed by atoms with Crippen molar-refractivity contribution in [3.05, 3.63) is 48.8 Å². The van der Waals surface area contributed by atoms with Gasteiger partial charge in [-0.25, -0.2) is 4.98 Å². The number of benzene rings is 1. The number of fused-ring (bicyclic) bond motifs is 1. The molecule has 0 radical (unpaired) electrons. The quantitative estimate of drug-likeness (QED) is 0.480. The highest BCUT2D eigenvalue weighted by Gasteiger charge is 2.27. The summed E-state index contributed by atoms with van der Waals surface area (Å²) in [5.74, 6) is 0. The lowest BCUT2D eigenvalue weighted by Gasteiger charge is -2.33. The highest BCUT2D eigenvalue weighted by molar-refractivity contribution is 5.69. The molecule has 10 heteroatoms. The van der Waals surface area contributed by atoms with Gasteiger partial charge in [0.05, 0.1) is 24.5 Å². The molecule has 1 aliphatic rings. The van der Waals surface area contributed by atoms with Gasteiger partial charge in [0.15, 0.2) is 6.35 Å². The van der Waals surface area contributed by atoms with Crippen LogP contribution in [0.5, 0.6) is 0 Å². The number of pyridine rings is 1. The molecule has 172 valence electrons. The van der Waals surface area contributed by atoms with E-state index in [1.165, 1.54) is 0 Å². The van der Waals surface area contributed by atoms with Crippen molar-refractivity contribution in [2.75, 3.05) is 37.0 Å². The molecule has 0 bridgehead atoms. The zero-order chi connectivity index (χ0) is 22.7. The number of aliphatic hydroxyl groups is 1.